The SMILES string of the molecule is N[C@]12CCN(C(=O)O)C[C@H]1c1cccc3c1N2CCOC3. The van der Waals surface area contributed by atoms with Crippen molar-refractivity contribution in [1.29, 1.82) is 0 Å². The summed E-state index contributed by atoms with van der Waals surface area (Å²) in [4.78, 5) is 15.0. The van der Waals surface area contributed by atoms with Gasteiger partial charge in [-0.25, -0.2) is 4.79 Å². The highest BCUT2D eigenvalue weighted by Crippen LogP contribution is 2.50. The average molecular weight is 289 g/mol. The summed E-state index contributed by atoms with van der Waals surface area (Å²) in [6.07, 6.45) is -0.207. The van der Waals surface area contributed by atoms with E-state index in [0.717, 1.165) is 12.1 Å². The van der Waals surface area contributed by atoms with Crippen molar-refractivity contribution in [3.05, 3.63) is 29.3 Å². The van der Waals surface area contributed by atoms with Crippen LogP contribution in [0.4, 0.5) is 10.5 Å². The second-order valence-electron chi connectivity index (χ2n) is 6.08. The molecule has 4 rings (SSSR count). The molecule has 1 fully saturated rings. The Morgan fingerprint density at radius 3 is 3.10 bits per heavy atom. The number of fused-ring (bicyclic) bond motifs is 3. The van der Waals surface area contributed by atoms with Gasteiger partial charge >= 0.3 is 6.09 Å². The van der Waals surface area contributed by atoms with E-state index in [1.807, 2.05) is 6.07 Å². The molecule has 0 bridgehead atoms. The van der Waals surface area contributed by atoms with Crippen molar-refractivity contribution in [1.82, 2.24) is 4.90 Å². The largest absolute Gasteiger partial charge is 0.465 e. The number of ether oxygens (including phenoxy) is 1. The van der Waals surface area contributed by atoms with E-state index in [0.29, 0.717) is 32.7 Å². The number of carboxylic acid groups (broad SMARTS) is 1. The number of anilines is 1. The van der Waals surface area contributed by atoms with Gasteiger partial charge in [0.1, 0.15) is 0 Å². The summed E-state index contributed by atoms with van der Waals surface area (Å²) in [5, 5.41) is 9.28. The predicted octanol–water partition coefficient (Wildman–Crippen LogP) is 1.16. The number of carbonyl (C=O) groups is 1. The predicted molar refractivity (Wildman–Crippen MR) is 77.3 cm³/mol. The van der Waals surface area contributed by atoms with E-state index in [2.05, 4.69) is 17.0 Å². The van der Waals surface area contributed by atoms with Gasteiger partial charge in [-0.1, -0.05) is 18.2 Å². The molecule has 3 N–H and O–H groups in total. The van der Waals surface area contributed by atoms with Crippen LogP contribution in [-0.4, -0.2) is 48.0 Å². The summed E-state index contributed by atoms with van der Waals surface area (Å²) >= 11 is 0. The highest BCUT2D eigenvalue weighted by atomic mass is 16.5. The molecule has 21 heavy (non-hydrogen) atoms. The van der Waals surface area contributed by atoms with Crippen LogP contribution in [0.3, 0.4) is 0 Å². The van der Waals surface area contributed by atoms with E-state index in [4.69, 9.17) is 10.5 Å². The maximum atomic E-state index is 11.3. The van der Waals surface area contributed by atoms with E-state index in [9.17, 15) is 9.90 Å². The van der Waals surface area contributed by atoms with Crippen molar-refractivity contribution in [3.63, 3.8) is 0 Å². The Hall–Kier alpha value is -1.79. The number of nitrogens with zero attached hydrogens (tertiary/aromatic N) is 2. The topological polar surface area (TPSA) is 79.0 Å². The van der Waals surface area contributed by atoms with Gasteiger partial charge in [0.25, 0.3) is 0 Å². The molecule has 0 unspecified atom stereocenters. The smallest absolute Gasteiger partial charge is 0.407 e. The number of hydrogen-bond acceptors (Lipinski definition) is 4. The third kappa shape index (κ3) is 1.69. The highest BCUT2D eigenvalue weighted by molar-refractivity contribution is 5.71. The van der Waals surface area contributed by atoms with Crippen LogP contribution in [-0.2, 0) is 11.3 Å². The molecule has 6 heteroatoms. The van der Waals surface area contributed by atoms with Crippen LogP contribution in [0.2, 0.25) is 0 Å². The van der Waals surface area contributed by atoms with Crippen LogP contribution < -0.4 is 10.6 Å². The second-order valence-corrected chi connectivity index (χ2v) is 6.08. The van der Waals surface area contributed by atoms with Gasteiger partial charge in [-0.2, -0.15) is 0 Å². The van der Waals surface area contributed by atoms with Gasteiger partial charge in [-0.05, 0) is 5.56 Å². The Kier molecular flexibility index (Phi) is 2.68. The fourth-order valence-electron chi connectivity index (χ4n) is 4.03. The summed E-state index contributed by atoms with van der Waals surface area (Å²) in [6, 6.07) is 6.18. The number of amides is 1. The third-order valence-corrected chi connectivity index (χ3v) is 5.07. The Labute approximate surface area is 123 Å². The number of benzene rings is 1. The molecule has 1 aromatic carbocycles. The summed E-state index contributed by atoms with van der Waals surface area (Å²) in [7, 11) is 0. The van der Waals surface area contributed by atoms with Crippen molar-refractivity contribution < 1.29 is 14.6 Å². The van der Waals surface area contributed by atoms with Crippen LogP contribution >= 0.6 is 0 Å². The molecule has 112 valence electrons. The van der Waals surface area contributed by atoms with E-state index in [-0.39, 0.29) is 5.92 Å². The van der Waals surface area contributed by atoms with Gasteiger partial charge in [-0.15, -0.1) is 0 Å². The van der Waals surface area contributed by atoms with Crippen molar-refractivity contribution in [2.24, 2.45) is 5.73 Å². The lowest BCUT2D eigenvalue weighted by atomic mass is 9.83. The van der Waals surface area contributed by atoms with Gasteiger partial charge in [0.2, 0.25) is 0 Å². The van der Waals surface area contributed by atoms with Gasteiger partial charge in [0.05, 0.1) is 18.9 Å². The monoisotopic (exact) mass is 289 g/mol. The van der Waals surface area contributed by atoms with Crippen molar-refractivity contribution in [2.45, 2.75) is 24.6 Å². The molecule has 2 atom stereocenters. The normalized spacial score (nSPS) is 30.6. The molecule has 1 saturated heterocycles. The summed E-state index contributed by atoms with van der Waals surface area (Å²) in [6.45, 7) is 2.99. The first-order valence-electron chi connectivity index (χ1n) is 7.35. The molecule has 0 aromatic heterocycles. The first-order chi connectivity index (χ1) is 10.1. The minimum absolute atomic E-state index is 0.0374. The fraction of sp³-hybridized carbons (Fsp3) is 0.533. The van der Waals surface area contributed by atoms with Crippen molar-refractivity contribution >= 4 is 11.8 Å². The van der Waals surface area contributed by atoms with Crippen LogP contribution in [0.5, 0.6) is 0 Å². The standard InChI is InChI=1S/C15H19N3O3/c16-15-4-5-17(14(19)20)8-12(15)11-3-1-2-10-9-21-7-6-18(15)13(10)11/h1-3,12H,4-9,16H2,(H,19,20)/t12-,15-/m0/s1. The summed E-state index contributed by atoms with van der Waals surface area (Å²) in [5.41, 5.74) is 9.77. The number of piperidine rings is 1. The first-order valence-corrected chi connectivity index (χ1v) is 7.35. The number of para-hydroxylation sites is 1. The molecule has 0 aliphatic carbocycles. The fourth-order valence-corrected chi connectivity index (χ4v) is 4.03. The molecule has 3 aliphatic heterocycles. The van der Waals surface area contributed by atoms with E-state index in [1.165, 1.54) is 16.2 Å². The molecule has 0 radical (unpaired) electrons. The van der Waals surface area contributed by atoms with Gasteiger partial charge in [-0.3, -0.25) is 0 Å². The minimum atomic E-state index is -0.858. The Bertz CT molecular complexity index is 606. The van der Waals surface area contributed by atoms with Crippen LogP contribution in [0.1, 0.15) is 23.5 Å². The maximum Gasteiger partial charge on any atom is 0.407 e. The lowest BCUT2D eigenvalue weighted by Gasteiger charge is -2.46. The second kappa shape index (κ2) is 4.35. The molecule has 0 spiro atoms. The molecule has 3 heterocycles. The Morgan fingerprint density at radius 1 is 1.43 bits per heavy atom. The highest BCUT2D eigenvalue weighted by Gasteiger charge is 2.53. The van der Waals surface area contributed by atoms with Gasteiger partial charge in [0, 0.05) is 43.2 Å². The molecule has 0 saturated carbocycles. The molecular formula is C15H19N3O3. The number of hydrogen-bond donors (Lipinski definition) is 2. The van der Waals surface area contributed by atoms with Crippen LogP contribution in [0.25, 0.3) is 0 Å². The summed E-state index contributed by atoms with van der Waals surface area (Å²) in [5.74, 6) is 0.0374. The van der Waals surface area contributed by atoms with E-state index in [1.54, 1.807) is 0 Å². The quantitative estimate of drug-likeness (QED) is 0.749. The molecule has 6 nitrogen and oxygen atoms in total. The lowest BCUT2D eigenvalue weighted by molar-refractivity contribution is 0.101. The molecule has 3 aliphatic rings. The zero-order valence-corrected chi connectivity index (χ0v) is 11.8. The average Bonchev–Trinajstić information content (AvgIpc) is 2.62. The number of nitrogens with two attached hydrogens (primary N) is 1. The zero-order chi connectivity index (χ0) is 14.6. The zero-order valence-electron chi connectivity index (χ0n) is 11.8. The van der Waals surface area contributed by atoms with Crippen molar-refractivity contribution in [3.8, 4) is 0 Å². The maximum absolute atomic E-state index is 11.3. The van der Waals surface area contributed by atoms with Gasteiger partial charge < -0.3 is 25.4 Å². The van der Waals surface area contributed by atoms with Crippen molar-refractivity contribution in [2.75, 3.05) is 31.1 Å². The van der Waals surface area contributed by atoms with Gasteiger partial charge in [0.15, 0.2) is 0 Å². The van der Waals surface area contributed by atoms with Crippen LogP contribution in [0.15, 0.2) is 18.2 Å². The molecule has 1 amide bonds. The Balaban J connectivity index is 1.83. The summed E-state index contributed by atoms with van der Waals surface area (Å²) < 4.78 is 5.66. The van der Waals surface area contributed by atoms with Crippen LogP contribution in [0, 0.1) is 0 Å². The third-order valence-electron chi connectivity index (χ3n) is 5.07. The number of likely N-dealkylation sites (tertiary alicyclic amines) is 1. The van der Waals surface area contributed by atoms with E-state index >= 15 is 0 Å². The lowest BCUT2D eigenvalue weighted by Crippen LogP contribution is -2.63. The first kappa shape index (κ1) is 12.9. The molecule has 1 aromatic rings. The number of rotatable bonds is 0. The van der Waals surface area contributed by atoms with E-state index < -0.39 is 11.8 Å². The Morgan fingerprint density at radius 2 is 2.29 bits per heavy atom. The minimum Gasteiger partial charge on any atom is -0.465 e. The molecular weight excluding hydrogens is 270 g/mol.